The highest BCUT2D eigenvalue weighted by molar-refractivity contribution is 8.00. The number of amides is 2. The van der Waals surface area contributed by atoms with E-state index in [9.17, 15) is 4.79 Å². The van der Waals surface area contributed by atoms with Gasteiger partial charge in [0.05, 0.1) is 24.4 Å². The Morgan fingerprint density at radius 1 is 1.15 bits per heavy atom. The fraction of sp³-hybridized carbons (Fsp3) is 0.222. The summed E-state index contributed by atoms with van der Waals surface area (Å²) in [7, 11) is 3.17. The van der Waals surface area contributed by atoms with E-state index in [1.165, 1.54) is 0 Å². The van der Waals surface area contributed by atoms with E-state index in [0.29, 0.717) is 18.0 Å². The molecule has 0 saturated carbocycles. The van der Waals surface area contributed by atoms with Crippen LogP contribution >= 0.6 is 23.1 Å². The van der Waals surface area contributed by atoms with Crippen LogP contribution in [0, 0.1) is 0 Å². The second-order valence-corrected chi connectivity index (χ2v) is 7.45. The Morgan fingerprint density at radius 3 is 2.69 bits per heavy atom. The van der Waals surface area contributed by atoms with E-state index in [1.54, 1.807) is 37.3 Å². The van der Waals surface area contributed by atoms with Crippen molar-refractivity contribution in [2.75, 3.05) is 25.8 Å². The Morgan fingerprint density at radius 2 is 1.96 bits per heavy atom. The van der Waals surface area contributed by atoms with Gasteiger partial charge in [0.2, 0.25) is 0 Å². The van der Waals surface area contributed by atoms with Gasteiger partial charge in [-0.2, -0.15) is 0 Å². The number of fused-ring (bicyclic) bond motifs is 1. The van der Waals surface area contributed by atoms with Gasteiger partial charge in [0.25, 0.3) is 0 Å². The Kier molecular flexibility index (Phi) is 5.85. The van der Waals surface area contributed by atoms with E-state index < -0.39 is 0 Å². The number of ether oxygens (including phenoxy) is 2. The van der Waals surface area contributed by atoms with Crippen molar-refractivity contribution in [3.63, 3.8) is 0 Å². The van der Waals surface area contributed by atoms with Gasteiger partial charge < -0.3 is 20.1 Å². The van der Waals surface area contributed by atoms with Gasteiger partial charge in [-0.15, -0.1) is 11.3 Å². The molecule has 1 aromatic heterocycles. The number of carbonyl (C=O) groups excluding carboxylic acids is 1. The first-order valence-corrected chi connectivity index (χ1v) is 9.87. The highest BCUT2D eigenvalue weighted by Crippen LogP contribution is 2.30. The molecule has 0 unspecified atom stereocenters. The number of benzene rings is 2. The topological polar surface area (TPSA) is 72.5 Å². The summed E-state index contributed by atoms with van der Waals surface area (Å²) in [4.78, 5) is 16.7. The molecule has 0 fully saturated rings. The van der Waals surface area contributed by atoms with Gasteiger partial charge in [-0.3, -0.25) is 0 Å². The summed E-state index contributed by atoms with van der Waals surface area (Å²) < 4.78 is 12.5. The smallest absolute Gasteiger partial charge is 0.319 e. The van der Waals surface area contributed by atoms with Gasteiger partial charge >= 0.3 is 6.03 Å². The Labute approximate surface area is 159 Å². The van der Waals surface area contributed by atoms with Crippen molar-refractivity contribution in [1.82, 2.24) is 10.3 Å². The molecule has 26 heavy (non-hydrogen) atoms. The first kappa shape index (κ1) is 18.3. The molecule has 0 aliphatic carbocycles. The standard InChI is InChI=1S/C18H19N3O3S2/c1-23-14-7-4-11(8-15(14)24-2)10-19-17(22)20-12-5-6-13-16(9-12)26-18(21-13)25-3/h4-9H,10H2,1-3H3,(H2,19,20,22). The fourth-order valence-corrected chi connectivity index (χ4v) is 3.95. The highest BCUT2D eigenvalue weighted by Gasteiger charge is 2.08. The molecule has 0 aliphatic heterocycles. The molecule has 136 valence electrons. The number of urea groups is 1. The molecule has 0 bridgehead atoms. The van der Waals surface area contributed by atoms with E-state index in [-0.39, 0.29) is 6.03 Å². The molecule has 0 radical (unpaired) electrons. The molecule has 2 aromatic carbocycles. The van der Waals surface area contributed by atoms with Crippen LogP contribution in [0.4, 0.5) is 10.5 Å². The monoisotopic (exact) mass is 389 g/mol. The summed E-state index contributed by atoms with van der Waals surface area (Å²) in [5, 5.41) is 5.69. The molecule has 0 spiro atoms. The average Bonchev–Trinajstić information content (AvgIpc) is 3.08. The molecule has 3 rings (SSSR count). The van der Waals surface area contributed by atoms with E-state index in [4.69, 9.17) is 9.47 Å². The molecule has 2 amide bonds. The molecular formula is C18H19N3O3S2. The van der Waals surface area contributed by atoms with Crippen molar-refractivity contribution >= 4 is 45.0 Å². The summed E-state index contributed by atoms with van der Waals surface area (Å²) in [6.07, 6.45) is 2.00. The number of nitrogens with zero attached hydrogens (tertiary/aromatic N) is 1. The van der Waals surface area contributed by atoms with Crippen LogP contribution in [0.15, 0.2) is 40.7 Å². The number of hydrogen-bond acceptors (Lipinski definition) is 6. The number of thiazole rings is 1. The predicted molar refractivity (Wildman–Crippen MR) is 107 cm³/mol. The average molecular weight is 390 g/mol. The third-order valence-electron chi connectivity index (χ3n) is 3.70. The van der Waals surface area contributed by atoms with Crippen LogP contribution in [0.25, 0.3) is 10.2 Å². The van der Waals surface area contributed by atoms with Crippen LogP contribution in [-0.4, -0.2) is 31.5 Å². The van der Waals surface area contributed by atoms with Crippen LogP contribution in [0.3, 0.4) is 0 Å². The molecule has 2 N–H and O–H groups in total. The first-order chi connectivity index (χ1) is 12.6. The minimum atomic E-state index is -0.270. The summed E-state index contributed by atoms with van der Waals surface area (Å²) in [5.74, 6) is 1.29. The van der Waals surface area contributed by atoms with E-state index >= 15 is 0 Å². The van der Waals surface area contributed by atoms with Crippen molar-refractivity contribution in [2.24, 2.45) is 0 Å². The second-order valence-electron chi connectivity index (χ2n) is 5.36. The maximum atomic E-state index is 12.2. The Bertz CT molecular complexity index is 927. The number of thioether (sulfide) groups is 1. The van der Waals surface area contributed by atoms with Crippen molar-refractivity contribution in [1.29, 1.82) is 0 Å². The van der Waals surface area contributed by atoms with Crippen LogP contribution < -0.4 is 20.1 Å². The third-order valence-corrected chi connectivity index (χ3v) is 5.71. The molecule has 3 aromatic rings. The van der Waals surface area contributed by atoms with E-state index in [2.05, 4.69) is 15.6 Å². The number of carbonyl (C=O) groups is 1. The Balaban J connectivity index is 1.62. The summed E-state index contributed by atoms with van der Waals surface area (Å²) in [6, 6.07) is 11.0. The first-order valence-electron chi connectivity index (χ1n) is 7.83. The summed E-state index contributed by atoms with van der Waals surface area (Å²) in [5.41, 5.74) is 2.59. The van der Waals surface area contributed by atoms with Gasteiger partial charge in [0.15, 0.2) is 15.8 Å². The van der Waals surface area contributed by atoms with Crippen molar-refractivity contribution in [3.8, 4) is 11.5 Å². The van der Waals surface area contributed by atoms with E-state index in [0.717, 1.165) is 25.8 Å². The molecule has 0 saturated heterocycles. The van der Waals surface area contributed by atoms with Crippen LogP contribution in [-0.2, 0) is 6.54 Å². The summed E-state index contributed by atoms with van der Waals surface area (Å²) >= 11 is 3.22. The number of anilines is 1. The number of hydrogen-bond donors (Lipinski definition) is 2. The number of methoxy groups -OCH3 is 2. The lowest BCUT2D eigenvalue weighted by molar-refractivity contribution is 0.251. The molecule has 6 nitrogen and oxygen atoms in total. The van der Waals surface area contributed by atoms with Crippen molar-refractivity contribution in [2.45, 2.75) is 10.9 Å². The molecule has 0 aliphatic rings. The second kappa shape index (κ2) is 8.29. The highest BCUT2D eigenvalue weighted by atomic mass is 32.2. The molecule has 8 heteroatoms. The lowest BCUT2D eigenvalue weighted by Gasteiger charge is -2.11. The Hall–Kier alpha value is -2.45. The molecule has 1 heterocycles. The normalized spacial score (nSPS) is 10.6. The SMILES string of the molecule is COc1ccc(CNC(=O)Nc2ccc3nc(SC)sc3c2)cc1OC. The van der Waals surface area contributed by atoms with Gasteiger partial charge in [0.1, 0.15) is 0 Å². The third kappa shape index (κ3) is 4.20. The lowest BCUT2D eigenvalue weighted by Crippen LogP contribution is -2.28. The number of rotatable bonds is 6. The lowest BCUT2D eigenvalue weighted by atomic mass is 10.2. The van der Waals surface area contributed by atoms with Gasteiger partial charge in [0, 0.05) is 12.2 Å². The van der Waals surface area contributed by atoms with E-state index in [1.807, 2.05) is 42.7 Å². The number of nitrogens with one attached hydrogen (secondary N) is 2. The van der Waals surface area contributed by atoms with Crippen LogP contribution in [0.5, 0.6) is 11.5 Å². The van der Waals surface area contributed by atoms with Gasteiger partial charge in [-0.1, -0.05) is 17.8 Å². The van der Waals surface area contributed by atoms with Crippen LogP contribution in [0.1, 0.15) is 5.56 Å². The zero-order valence-electron chi connectivity index (χ0n) is 14.7. The largest absolute Gasteiger partial charge is 0.493 e. The van der Waals surface area contributed by atoms with Crippen molar-refractivity contribution < 1.29 is 14.3 Å². The number of aromatic nitrogens is 1. The zero-order valence-corrected chi connectivity index (χ0v) is 16.3. The van der Waals surface area contributed by atoms with Gasteiger partial charge in [-0.05, 0) is 42.2 Å². The molecular weight excluding hydrogens is 370 g/mol. The van der Waals surface area contributed by atoms with Crippen LogP contribution in [0.2, 0.25) is 0 Å². The zero-order chi connectivity index (χ0) is 18.5. The maximum Gasteiger partial charge on any atom is 0.319 e. The minimum absolute atomic E-state index is 0.270. The predicted octanol–water partition coefficient (Wildman–Crippen LogP) is 4.36. The molecule has 0 atom stereocenters. The van der Waals surface area contributed by atoms with Crippen molar-refractivity contribution in [3.05, 3.63) is 42.0 Å². The quantitative estimate of drug-likeness (QED) is 0.613. The maximum absolute atomic E-state index is 12.2. The minimum Gasteiger partial charge on any atom is -0.493 e. The summed E-state index contributed by atoms with van der Waals surface area (Å²) in [6.45, 7) is 0.381. The van der Waals surface area contributed by atoms with Gasteiger partial charge in [-0.25, -0.2) is 9.78 Å². The fourth-order valence-electron chi connectivity index (χ4n) is 2.42.